The number of imidazole rings is 1. The van der Waals surface area contributed by atoms with E-state index in [0.29, 0.717) is 13.1 Å². The molecule has 1 aromatic carbocycles. The Labute approximate surface area is 186 Å². The summed E-state index contributed by atoms with van der Waals surface area (Å²) in [5, 5.41) is 3.25. The molecule has 0 spiro atoms. The van der Waals surface area contributed by atoms with Gasteiger partial charge in [-0.1, -0.05) is 25.4 Å². The molecule has 0 aliphatic carbocycles. The molecule has 1 aliphatic heterocycles. The van der Waals surface area contributed by atoms with Crippen LogP contribution in [0, 0.1) is 5.82 Å². The zero-order chi connectivity index (χ0) is 21.3. The Morgan fingerprint density at radius 3 is 2.70 bits per heavy atom. The highest BCUT2D eigenvalue weighted by molar-refractivity contribution is 7.13. The van der Waals surface area contributed by atoms with Crippen LogP contribution < -0.4 is 0 Å². The third kappa shape index (κ3) is 4.17. The molecule has 5 nitrogen and oxygen atoms in total. The van der Waals surface area contributed by atoms with Crippen molar-refractivity contribution in [2.45, 2.75) is 46.3 Å². The molecule has 30 heavy (non-hydrogen) atoms. The van der Waals surface area contributed by atoms with E-state index in [1.54, 1.807) is 23.7 Å². The van der Waals surface area contributed by atoms with Crippen molar-refractivity contribution in [3.8, 4) is 16.4 Å². The Kier molecular flexibility index (Phi) is 6.53. The number of hydrogen-bond acceptors (Lipinski definition) is 5. The van der Waals surface area contributed by atoms with Crippen molar-refractivity contribution < 1.29 is 4.39 Å². The average molecular weight is 448 g/mol. The van der Waals surface area contributed by atoms with E-state index >= 15 is 0 Å². The molecule has 0 fully saturated rings. The number of rotatable bonds is 7. The van der Waals surface area contributed by atoms with Crippen molar-refractivity contribution in [3.05, 3.63) is 51.6 Å². The minimum Gasteiger partial charge on any atom is -0.301 e. The fourth-order valence-electron chi connectivity index (χ4n) is 4.07. The Bertz CT molecular complexity index is 1020. The van der Waals surface area contributed by atoms with Crippen LogP contribution in [0.15, 0.2) is 23.8 Å². The van der Waals surface area contributed by atoms with Crippen LogP contribution >= 0.6 is 22.9 Å². The maximum Gasteiger partial charge on any atom is 0.144 e. The van der Waals surface area contributed by atoms with Crippen LogP contribution in [0.2, 0.25) is 5.02 Å². The summed E-state index contributed by atoms with van der Waals surface area (Å²) in [6.07, 6.45) is 4.08. The predicted octanol–water partition coefficient (Wildman–Crippen LogP) is 5.36. The van der Waals surface area contributed by atoms with E-state index < -0.39 is 0 Å². The summed E-state index contributed by atoms with van der Waals surface area (Å²) < 4.78 is 16.1. The van der Waals surface area contributed by atoms with Gasteiger partial charge in [-0.2, -0.15) is 0 Å². The number of nitrogens with zero attached hydrogens (tertiary/aromatic N) is 5. The number of hydrogen-bond donors (Lipinski definition) is 0. The van der Waals surface area contributed by atoms with Gasteiger partial charge in [0, 0.05) is 30.6 Å². The van der Waals surface area contributed by atoms with Crippen molar-refractivity contribution >= 4 is 22.9 Å². The van der Waals surface area contributed by atoms with E-state index in [1.165, 1.54) is 6.07 Å². The van der Waals surface area contributed by atoms with Gasteiger partial charge in [-0.25, -0.2) is 14.4 Å². The van der Waals surface area contributed by atoms with Crippen LogP contribution in [0.3, 0.4) is 0 Å². The van der Waals surface area contributed by atoms with Crippen LogP contribution in [0.5, 0.6) is 0 Å². The molecule has 0 N–H and O–H groups in total. The van der Waals surface area contributed by atoms with Crippen molar-refractivity contribution in [2.24, 2.45) is 0 Å². The number of halogens is 2. The molecule has 1 aliphatic rings. The average Bonchev–Trinajstić information content (AvgIpc) is 3.30. The first-order chi connectivity index (χ1) is 14.5. The molecule has 160 valence electrons. The van der Waals surface area contributed by atoms with E-state index in [9.17, 15) is 4.39 Å². The predicted molar refractivity (Wildman–Crippen MR) is 121 cm³/mol. The molecule has 3 aromatic rings. The summed E-state index contributed by atoms with van der Waals surface area (Å²) >= 11 is 7.93. The van der Waals surface area contributed by atoms with Gasteiger partial charge >= 0.3 is 0 Å². The van der Waals surface area contributed by atoms with E-state index in [0.717, 1.165) is 65.8 Å². The van der Waals surface area contributed by atoms with Gasteiger partial charge in [0.05, 0.1) is 22.1 Å². The maximum absolute atomic E-state index is 14.0. The first kappa shape index (κ1) is 21.4. The number of thiazole rings is 1. The van der Waals surface area contributed by atoms with Crippen LogP contribution in [0.4, 0.5) is 4.39 Å². The first-order valence-corrected chi connectivity index (χ1v) is 11.7. The summed E-state index contributed by atoms with van der Waals surface area (Å²) in [5.74, 6) is -0.388. The second-order valence-electron chi connectivity index (χ2n) is 7.86. The molecule has 0 saturated carbocycles. The third-order valence-electron chi connectivity index (χ3n) is 5.36. The third-order valence-corrected chi connectivity index (χ3v) is 6.67. The molecule has 0 bridgehead atoms. The monoisotopic (exact) mass is 447 g/mol. The summed E-state index contributed by atoms with van der Waals surface area (Å²) in [7, 11) is 2.01. The normalized spacial score (nSPS) is 14.1. The van der Waals surface area contributed by atoms with Gasteiger partial charge in [0.1, 0.15) is 22.8 Å². The van der Waals surface area contributed by atoms with Gasteiger partial charge in [0.2, 0.25) is 0 Å². The SMILES string of the molecule is CCCN(CCC)Cc1csc(-c2ncn3c2CN(C)Cc2c-3ccc(F)c2Cl)n1. The lowest BCUT2D eigenvalue weighted by atomic mass is 10.1. The van der Waals surface area contributed by atoms with Gasteiger partial charge < -0.3 is 4.57 Å². The highest BCUT2D eigenvalue weighted by Gasteiger charge is 2.25. The van der Waals surface area contributed by atoms with Crippen molar-refractivity contribution in [3.63, 3.8) is 0 Å². The van der Waals surface area contributed by atoms with E-state index in [1.807, 2.05) is 11.6 Å². The molecule has 0 amide bonds. The molecule has 2 aromatic heterocycles. The van der Waals surface area contributed by atoms with Crippen molar-refractivity contribution in [1.29, 1.82) is 0 Å². The second-order valence-corrected chi connectivity index (χ2v) is 9.10. The fraction of sp³-hybridized carbons (Fsp3) is 0.455. The minimum absolute atomic E-state index is 0.186. The fourth-order valence-corrected chi connectivity index (χ4v) is 5.12. The Balaban J connectivity index is 1.68. The lowest BCUT2D eigenvalue weighted by Crippen LogP contribution is -2.25. The molecule has 8 heteroatoms. The van der Waals surface area contributed by atoms with Crippen LogP contribution in [0.1, 0.15) is 43.6 Å². The number of fused-ring (bicyclic) bond motifs is 3. The highest BCUT2D eigenvalue weighted by atomic mass is 35.5. The largest absolute Gasteiger partial charge is 0.301 e. The molecule has 0 saturated heterocycles. The van der Waals surface area contributed by atoms with E-state index in [-0.39, 0.29) is 10.8 Å². The topological polar surface area (TPSA) is 37.2 Å². The van der Waals surface area contributed by atoms with Crippen LogP contribution in [-0.2, 0) is 19.6 Å². The molecular weight excluding hydrogens is 421 g/mol. The molecule has 0 radical (unpaired) electrons. The summed E-state index contributed by atoms with van der Waals surface area (Å²) in [5.41, 5.74) is 4.71. The zero-order valence-electron chi connectivity index (χ0n) is 17.7. The van der Waals surface area contributed by atoms with Gasteiger partial charge in [0.15, 0.2) is 0 Å². The van der Waals surface area contributed by atoms with Crippen LogP contribution in [-0.4, -0.2) is 44.5 Å². The van der Waals surface area contributed by atoms with Gasteiger partial charge in [0.25, 0.3) is 0 Å². The summed E-state index contributed by atoms with van der Waals surface area (Å²) in [6, 6.07) is 3.21. The lowest BCUT2D eigenvalue weighted by molar-refractivity contribution is 0.264. The molecular formula is C22H27ClFN5S. The minimum atomic E-state index is -0.388. The summed E-state index contributed by atoms with van der Waals surface area (Å²) in [4.78, 5) is 14.2. The van der Waals surface area contributed by atoms with E-state index in [4.69, 9.17) is 21.6 Å². The number of aromatic nitrogens is 3. The van der Waals surface area contributed by atoms with E-state index in [2.05, 4.69) is 29.0 Å². The highest BCUT2D eigenvalue weighted by Crippen LogP contribution is 2.35. The zero-order valence-corrected chi connectivity index (χ0v) is 19.2. The molecule has 3 heterocycles. The molecule has 0 atom stereocenters. The molecule has 0 unspecified atom stereocenters. The summed E-state index contributed by atoms with van der Waals surface area (Å²) in [6.45, 7) is 8.72. The van der Waals surface area contributed by atoms with Gasteiger partial charge in [-0.05, 0) is 45.1 Å². The Morgan fingerprint density at radius 1 is 1.20 bits per heavy atom. The Hall–Kier alpha value is -1.80. The number of benzene rings is 1. The quantitative estimate of drug-likeness (QED) is 0.489. The van der Waals surface area contributed by atoms with Gasteiger partial charge in [-0.15, -0.1) is 11.3 Å². The van der Waals surface area contributed by atoms with Gasteiger partial charge in [-0.3, -0.25) is 9.80 Å². The van der Waals surface area contributed by atoms with Crippen molar-refractivity contribution in [1.82, 2.24) is 24.3 Å². The smallest absolute Gasteiger partial charge is 0.144 e. The second kappa shape index (κ2) is 9.14. The first-order valence-electron chi connectivity index (χ1n) is 10.4. The van der Waals surface area contributed by atoms with Crippen LogP contribution in [0.25, 0.3) is 16.4 Å². The Morgan fingerprint density at radius 2 is 1.97 bits per heavy atom. The molecule has 4 rings (SSSR count). The maximum atomic E-state index is 14.0. The standard InChI is InChI=1S/C22H27ClFN5S/c1-4-8-28(9-5-2)10-15-13-30-22(26-15)21-19-12-27(3)11-16-18(29(19)14-25-21)7-6-17(24)20(16)23/h6-7,13-14H,4-5,8-12H2,1-3H3. The van der Waals surface area contributed by atoms with Crippen molar-refractivity contribution in [2.75, 3.05) is 20.1 Å². The lowest BCUT2D eigenvalue weighted by Gasteiger charge is -2.19.